The number of amides is 1. The lowest BCUT2D eigenvalue weighted by Crippen LogP contribution is -2.65. The molecule has 0 spiro atoms. The summed E-state index contributed by atoms with van der Waals surface area (Å²) in [6.45, 7) is 10.7. The number of hydrogen-bond acceptors (Lipinski definition) is 7. The second-order valence-electron chi connectivity index (χ2n) is 14.4. The van der Waals surface area contributed by atoms with Crippen LogP contribution in [0.25, 0.3) is 0 Å². The number of carbonyl (C=O) groups is 1. The highest BCUT2D eigenvalue weighted by Crippen LogP contribution is 2.51. The highest BCUT2D eigenvalue weighted by molar-refractivity contribution is 7.95. The predicted molar refractivity (Wildman–Crippen MR) is 184 cm³/mol. The van der Waals surface area contributed by atoms with Crippen LogP contribution < -0.4 is 10.2 Å². The number of benzene rings is 2. The maximum absolute atomic E-state index is 16.1. The Bertz CT molecular complexity index is 1570. The van der Waals surface area contributed by atoms with Gasteiger partial charge in [-0.05, 0) is 119 Å². The van der Waals surface area contributed by atoms with Crippen molar-refractivity contribution in [2.24, 2.45) is 11.8 Å². The number of piperidine rings is 1. The minimum atomic E-state index is -3.56. The molecule has 0 radical (unpaired) electrons. The first-order valence-electron chi connectivity index (χ1n) is 17.5. The zero-order valence-electron chi connectivity index (χ0n) is 28.3. The van der Waals surface area contributed by atoms with Crippen molar-refractivity contribution < 1.29 is 26.7 Å². The van der Waals surface area contributed by atoms with Gasteiger partial charge in [0.25, 0.3) is 0 Å². The topological polar surface area (TPSA) is 82.2 Å². The van der Waals surface area contributed by atoms with E-state index in [1.54, 1.807) is 37.3 Å². The third-order valence-corrected chi connectivity index (χ3v) is 13.5. The molecule has 4 fully saturated rings. The quantitative estimate of drug-likeness (QED) is 0.297. The molecular formula is C37H50F2N4O4S. The van der Waals surface area contributed by atoms with Crippen molar-refractivity contribution in [1.82, 2.24) is 15.1 Å². The lowest BCUT2D eigenvalue weighted by molar-refractivity contribution is 0.00584. The van der Waals surface area contributed by atoms with Crippen molar-refractivity contribution in [1.29, 1.82) is 0 Å². The van der Waals surface area contributed by atoms with E-state index in [-0.39, 0.29) is 52.0 Å². The number of alkyl carbamates (subject to hydrolysis) is 1. The number of allylic oxidation sites excluding steroid dienone is 1. The van der Waals surface area contributed by atoms with Crippen LogP contribution in [0.4, 0.5) is 19.3 Å². The monoisotopic (exact) mass is 684 g/mol. The maximum Gasteiger partial charge on any atom is 0.407 e. The largest absolute Gasteiger partial charge is 0.453 e. The molecule has 1 amide bonds. The summed E-state index contributed by atoms with van der Waals surface area (Å²) in [6.07, 6.45) is 5.62. The molecule has 6 rings (SSSR count). The number of hydrogen-bond donors (Lipinski definition) is 1. The Kier molecular flexibility index (Phi) is 10.2. The Hall–Kier alpha value is -3.02. The Morgan fingerprint density at radius 1 is 1.02 bits per heavy atom. The maximum atomic E-state index is 16.1. The molecule has 48 heavy (non-hydrogen) atoms. The molecule has 1 N–H and O–H groups in total. The van der Waals surface area contributed by atoms with Gasteiger partial charge in [0.15, 0.2) is 5.67 Å². The SMILES string of the molecule is C=C(CC)S(=O)(=O)c1ccc(N2CC(F)(CN3CCC([C@@](CN4CCC4)(c4cccc(F)c4)[C@H]4CCC[C@@H]4NC(=O)OC)CC3)C2)cc1. The van der Waals surface area contributed by atoms with Gasteiger partial charge in [0.05, 0.1) is 25.1 Å². The Morgan fingerprint density at radius 3 is 2.33 bits per heavy atom. The Labute approximate surface area is 284 Å². The van der Waals surface area contributed by atoms with E-state index in [2.05, 4.69) is 27.8 Å². The number of rotatable bonds is 12. The zero-order chi connectivity index (χ0) is 34.1. The Morgan fingerprint density at radius 2 is 1.73 bits per heavy atom. The van der Waals surface area contributed by atoms with E-state index in [0.717, 1.165) is 82.5 Å². The van der Waals surface area contributed by atoms with Crippen LogP contribution in [0, 0.1) is 17.7 Å². The number of alkyl halides is 1. The van der Waals surface area contributed by atoms with Gasteiger partial charge in [0.1, 0.15) is 5.82 Å². The number of nitrogens with one attached hydrogen (secondary N) is 1. The number of carbonyl (C=O) groups excluding carboxylic acids is 1. The summed E-state index contributed by atoms with van der Waals surface area (Å²) in [7, 11) is -2.17. The molecule has 2 aromatic rings. The first kappa shape index (κ1) is 34.8. The van der Waals surface area contributed by atoms with Crippen LogP contribution >= 0.6 is 0 Å². The van der Waals surface area contributed by atoms with Crippen molar-refractivity contribution in [3.63, 3.8) is 0 Å². The van der Waals surface area contributed by atoms with E-state index in [1.165, 1.54) is 13.2 Å². The van der Waals surface area contributed by atoms with Crippen LogP contribution in [0.3, 0.4) is 0 Å². The van der Waals surface area contributed by atoms with Crippen LogP contribution in [-0.4, -0.2) is 95.5 Å². The summed E-state index contributed by atoms with van der Waals surface area (Å²) < 4.78 is 61.3. The average Bonchev–Trinajstić information content (AvgIpc) is 3.51. The standard InChI is InChI=1S/C37H50F2N4O4S/c1-4-27(2)48(45,46)32-14-12-31(13-15-32)43-24-36(39,25-43)23-42-20-16-28(17-21-42)37(26-41-18-7-19-41,29-8-5-9-30(38)22-29)33-10-6-11-34(33)40-35(44)47-3/h5,8-9,12-15,22,28,33-34H,2,4,6-7,10-11,16-21,23-26H2,1,3H3,(H,40,44)/t33-,34-,37-/m0/s1. The molecular weight excluding hydrogens is 634 g/mol. The first-order valence-corrected chi connectivity index (χ1v) is 19.0. The van der Waals surface area contributed by atoms with Gasteiger partial charge in [-0.1, -0.05) is 32.1 Å². The van der Waals surface area contributed by atoms with E-state index >= 15 is 4.39 Å². The molecule has 11 heteroatoms. The highest BCUT2D eigenvalue weighted by atomic mass is 32.2. The predicted octanol–water partition coefficient (Wildman–Crippen LogP) is 5.93. The van der Waals surface area contributed by atoms with E-state index in [4.69, 9.17) is 4.74 Å². The van der Waals surface area contributed by atoms with Gasteiger partial charge in [-0.25, -0.2) is 22.0 Å². The normalized spacial score (nSPS) is 24.7. The molecule has 0 unspecified atom stereocenters. The minimum Gasteiger partial charge on any atom is -0.453 e. The van der Waals surface area contributed by atoms with E-state index in [9.17, 15) is 17.6 Å². The first-order chi connectivity index (χ1) is 23.0. The van der Waals surface area contributed by atoms with Gasteiger partial charge >= 0.3 is 6.09 Å². The van der Waals surface area contributed by atoms with Gasteiger partial charge in [0, 0.05) is 35.1 Å². The molecule has 3 saturated heterocycles. The highest BCUT2D eigenvalue weighted by Gasteiger charge is 2.54. The number of ether oxygens (including phenoxy) is 1. The summed E-state index contributed by atoms with van der Waals surface area (Å²) >= 11 is 0. The molecule has 262 valence electrons. The van der Waals surface area contributed by atoms with Crippen LogP contribution in [-0.2, 0) is 20.0 Å². The molecule has 1 saturated carbocycles. The van der Waals surface area contributed by atoms with E-state index in [1.807, 2.05) is 11.0 Å². The van der Waals surface area contributed by atoms with Crippen molar-refractivity contribution in [3.05, 3.63) is 71.4 Å². The third-order valence-electron chi connectivity index (χ3n) is 11.5. The molecule has 1 aliphatic carbocycles. The van der Waals surface area contributed by atoms with Crippen LogP contribution in [0.15, 0.2) is 64.9 Å². The van der Waals surface area contributed by atoms with Crippen LogP contribution in [0.1, 0.15) is 57.4 Å². The molecule has 3 aliphatic heterocycles. The second-order valence-corrected chi connectivity index (χ2v) is 16.5. The molecule has 3 atom stereocenters. The number of methoxy groups -OCH3 is 1. The lowest BCUT2D eigenvalue weighted by atomic mass is 9.57. The fourth-order valence-electron chi connectivity index (χ4n) is 8.86. The Balaban J connectivity index is 1.15. The summed E-state index contributed by atoms with van der Waals surface area (Å²) in [5.41, 5.74) is 0.0962. The fraction of sp³-hybridized carbons (Fsp3) is 0.595. The molecule has 2 aromatic carbocycles. The lowest BCUT2D eigenvalue weighted by Gasteiger charge is -2.54. The smallest absolute Gasteiger partial charge is 0.407 e. The van der Waals surface area contributed by atoms with Crippen molar-refractivity contribution in [2.75, 3.05) is 64.4 Å². The molecule has 0 aromatic heterocycles. The number of nitrogens with zero attached hydrogens (tertiary/aromatic N) is 3. The van der Waals surface area contributed by atoms with Crippen molar-refractivity contribution >= 4 is 21.6 Å². The van der Waals surface area contributed by atoms with E-state index in [0.29, 0.717) is 13.0 Å². The van der Waals surface area contributed by atoms with Crippen LogP contribution in [0.2, 0.25) is 0 Å². The van der Waals surface area contributed by atoms with E-state index < -0.39 is 21.6 Å². The van der Waals surface area contributed by atoms with Crippen molar-refractivity contribution in [3.8, 4) is 0 Å². The summed E-state index contributed by atoms with van der Waals surface area (Å²) in [5, 5.41) is 3.14. The van der Waals surface area contributed by atoms with Gasteiger partial charge in [-0.15, -0.1) is 0 Å². The summed E-state index contributed by atoms with van der Waals surface area (Å²) in [6, 6.07) is 13.7. The van der Waals surface area contributed by atoms with Gasteiger partial charge in [-0.2, -0.15) is 0 Å². The molecule has 3 heterocycles. The number of sulfone groups is 1. The summed E-state index contributed by atoms with van der Waals surface area (Å²) in [5.74, 6) is 0.128. The zero-order valence-corrected chi connectivity index (χ0v) is 29.1. The van der Waals surface area contributed by atoms with Crippen LogP contribution in [0.5, 0.6) is 0 Å². The second kappa shape index (κ2) is 14.1. The fourth-order valence-corrected chi connectivity index (χ4v) is 10.1. The molecule has 4 aliphatic rings. The number of halogens is 2. The number of anilines is 1. The molecule has 0 bridgehead atoms. The van der Waals surface area contributed by atoms with Crippen molar-refractivity contribution in [2.45, 2.75) is 73.9 Å². The summed E-state index contributed by atoms with van der Waals surface area (Å²) in [4.78, 5) is 19.5. The van der Waals surface area contributed by atoms with Gasteiger partial charge in [-0.3, -0.25) is 4.90 Å². The van der Waals surface area contributed by atoms with Gasteiger partial charge in [0.2, 0.25) is 9.84 Å². The van der Waals surface area contributed by atoms with Gasteiger partial charge < -0.3 is 19.9 Å². The number of likely N-dealkylation sites (tertiary alicyclic amines) is 2. The molecule has 8 nitrogen and oxygen atoms in total. The minimum absolute atomic E-state index is 0.0604. The third kappa shape index (κ3) is 6.87. The average molecular weight is 685 g/mol.